The fraction of sp³-hybridized carbons (Fsp3) is 0.143. The van der Waals surface area contributed by atoms with Gasteiger partial charge in [0, 0.05) is 36.3 Å². The van der Waals surface area contributed by atoms with E-state index in [0.717, 1.165) is 22.4 Å². The van der Waals surface area contributed by atoms with Gasteiger partial charge in [0.25, 0.3) is 5.91 Å². The maximum atomic E-state index is 12.4. The Kier molecular flexibility index (Phi) is 6.96. The van der Waals surface area contributed by atoms with Gasteiger partial charge in [0.15, 0.2) is 0 Å². The summed E-state index contributed by atoms with van der Waals surface area (Å²) in [4.78, 5) is 25.7. The van der Waals surface area contributed by atoms with Crippen molar-refractivity contribution in [1.82, 2.24) is 24.9 Å². The predicted octanol–water partition coefficient (Wildman–Crippen LogP) is 3.30. The van der Waals surface area contributed by atoms with Crippen molar-refractivity contribution >= 4 is 17.5 Å². The first kappa shape index (κ1) is 23.3. The van der Waals surface area contributed by atoms with Crippen LogP contribution in [0.1, 0.15) is 16.1 Å². The number of halogens is 3. The van der Waals surface area contributed by atoms with Crippen LogP contribution in [0.15, 0.2) is 61.2 Å². The van der Waals surface area contributed by atoms with Crippen LogP contribution in [0.5, 0.6) is 5.75 Å². The van der Waals surface area contributed by atoms with E-state index in [9.17, 15) is 18.0 Å². The van der Waals surface area contributed by atoms with Gasteiger partial charge in [-0.1, -0.05) is 12.1 Å². The van der Waals surface area contributed by atoms with E-state index in [1.165, 1.54) is 0 Å². The molecule has 0 unspecified atom stereocenters. The number of aromatic amines is 1. The molecule has 0 spiro atoms. The van der Waals surface area contributed by atoms with Crippen molar-refractivity contribution in [2.75, 3.05) is 7.11 Å². The van der Waals surface area contributed by atoms with Crippen molar-refractivity contribution in [3.05, 3.63) is 72.4 Å². The Bertz CT molecular complexity index is 1250. The lowest BCUT2D eigenvalue weighted by molar-refractivity contribution is -0.192. The normalized spacial score (nSPS) is 10.9. The number of aromatic nitrogens is 4. The van der Waals surface area contributed by atoms with Crippen molar-refractivity contribution in [1.29, 1.82) is 0 Å². The van der Waals surface area contributed by atoms with Crippen LogP contribution in [0.25, 0.3) is 16.8 Å². The van der Waals surface area contributed by atoms with Gasteiger partial charge in [0.1, 0.15) is 17.1 Å². The number of fused-ring (bicyclic) bond motifs is 1. The Hall–Kier alpha value is -4.35. The molecule has 9 nitrogen and oxygen atoms in total. The van der Waals surface area contributed by atoms with Gasteiger partial charge in [-0.15, -0.1) is 0 Å². The number of nitrogens with zero attached hydrogens (tertiary/aromatic N) is 3. The quantitative estimate of drug-likeness (QED) is 0.419. The van der Waals surface area contributed by atoms with Crippen molar-refractivity contribution in [3.63, 3.8) is 0 Å². The molecule has 1 aromatic carbocycles. The zero-order valence-corrected chi connectivity index (χ0v) is 17.1. The van der Waals surface area contributed by atoms with E-state index < -0.39 is 12.1 Å². The lowest BCUT2D eigenvalue weighted by atomic mass is 10.2. The number of amides is 1. The van der Waals surface area contributed by atoms with Crippen LogP contribution in [0.4, 0.5) is 13.2 Å². The van der Waals surface area contributed by atoms with Crippen LogP contribution in [-0.2, 0) is 11.3 Å². The Balaban J connectivity index is 0.000000383. The first-order valence-electron chi connectivity index (χ1n) is 9.36. The highest BCUT2D eigenvalue weighted by atomic mass is 19.4. The van der Waals surface area contributed by atoms with Gasteiger partial charge >= 0.3 is 12.1 Å². The third-order valence-corrected chi connectivity index (χ3v) is 4.34. The van der Waals surface area contributed by atoms with Crippen LogP contribution < -0.4 is 10.1 Å². The van der Waals surface area contributed by atoms with E-state index in [1.807, 2.05) is 53.2 Å². The molecule has 0 bridgehead atoms. The molecule has 0 aliphatic rings. The smallest absolute Gasteiger partial charge is 0.490 e. The molecule has 0 saturated heterocycles. The van der Waals surface area contributed by atoms with Gasteiger partial charge in [0.05, 0.1) is 13.3 Å². The topological polar surface area (TPSA) is 122 Å². The van der Waals surface area contributed by atoms with E-state index in [4.69, 9.17) is 14.6 Å². The second-order valence-corrected chi connectivity index (χ2v) is 6.63. The molecule has 3 heterocycles. The van der Waals surface area contributed by atoms with Gasteiger partial charge in [-0.25, -0.2) is 9.78 Å². The molecule has 0 aliphatic heterocycles. The second kappa shape index (κ2) is 9.85. The van der Waals surface area contributed by atoms with Crippen LogP contribution in [-0.4, -0.2) is 49.9 Å². The third-order valence-electron chi connectivity index (χ3n) is 4.34. The molecule has 12 heteroatoms. The number of carboxylic acid groups (broad SMARTS) is 1. The van der Waals surface area contributed by atoms with Crippen LogP contribution in [0.2, 0.25) is 0 Å². The van der Waals surface area contributed by atoms with Gasteiger partial charge in [0.2, 0.25) is 0 Å². The summed E-state index contributed by atoms with van der Waals surface area (Å²) >= 11 is 0. The van der Waals surface area contributed by atoms with E-state index >= 15 is 0 Å². The number of hydrogen-bond acceptors (Lipinski definition) is 5. The molecular weight excluding hydrogens is 443 g/mol. The molecule has 0 aliphatic carbocycles. The lowest BCUT2D eigenvalue weighted by Crippen LogP contribution is -2.23. The standard InChI is InChI=1S/C19H17N5O2.C2HF3O2/c1-26-16-4-2-3-13(7-16)8-20-19(25)17-12-24-11-14(5-6-18(24)23-17)15-9-21-22-10-15;3-2(4,5)1(6)7/h2-7,9-12H,8H2,1H3,(H,20,25)(H,21,22);(H,6,7). The second-order valence-electron chi connectivity index (χ2n) is 6.63. The molecule has 0 saturated carbocycles. The Labute approximate surface area is 184 Å². The number of carbonyl (C=O) groups is 2. The first-order chi connectivity index (χ1) is 15.7. The maximum Gasteiger partial charge on any atom is 0.490 e. The number of methoxy groups -OCH3 is 1. The number of hydrogen-bond donors (Lipinski definition) is 3. The summed E-state index contributed by atoms with van der Waals surface area (Å²) in [6, 6.07) is 11.4. The number of H-pyrrole nitrogens is 1. The number of alkyl halides is 3. The number of benzene rings is 1. The van der Waals surface area contributed by atoms with Crippen LogP contribution in [0.3, 0.4) is 0 Å². The summed E-state index contributed by atoms with van der Waals surface area (Å²) in [6.07, 6.45) is 2.13. The predicted molar refractivity (Wildman–Crippen MR) is 111 cm³/mol. The molecule has 0 fully saturated rings. The zero-order chi connectivity index (χ0) is 24.0. The van der Waals surface area contributed by atoms with Crippen molar-refractivity contribution in [2.24, 2.45) is 0 Å². The van der Waals surface area contributed by atoms with E-state index in [0.29, 0.717) is 17.9 Å². The maximum absolute atomic E-state index is 12.4. The fourth-order valence-electron chi connectivity index (χ4n) is 2.74. The van der Waals surface area contributed by atoms with Crippen LogP contribution in [0, 0.1) is 0 Å². The molecule has 1 amide bonds. The minimum absolute atomic E-state index is 0.221. The molecule has 33 heavy (non-hydrogen) atoms. The highest BCUT2D eigenvalue weighted by Gasteiger charge is 2.38. The van der Waals surface area contributed by atoms with Gasteiger partial charge < -0.3 is 19.6 Å². The Morgan fingerprint density at radius 3 is 2.58 bits per heavy atom. The molecular formula is C21H18F3N5O4. The number of aliphatic carboxylic acids is 1. The average Bonchev–Trinajstić information content (AvgIpc) is 3.47. The zero-order valence-electron chi connectivity index (χ0n) is 17.1. The number of ether oxygens (including phenoxy) is 1. The summed E-state index contributed by atoms with van der Waals surface area (Å²) in [5.41, 5.74) is 4.02. The van der Waals surface area contributed by atoms with Crippen molar-refractivity contribution < 1.29 is 32.6 Å². The molecule has 3 aromatic heterocycles. The molecule has 4 aromatic rings. The van der Waals surface area contributed by atoms with E-state index in [1.54, 1.807) is 19.5 Å². The summed E-state index contributed by atoms with van der Waals surface area (Å²) in [6.45, 7) is 0.407. The van der Waals surface area contributed by atoms with Gasteiger partial charge in [-0.05, 0) is 29.8 Å². The minimum Gasteiger partial charge on any atom is -0.497 e. The fourth-order valence-corrected chi connectivity index (χ4v) is 2.74. The average molecular weight is 461 g/mol. The number of rotatable bonds is 5. The molecule has 3 N–H and O–H groups in total. The highest BCUT2D eigenvalue weighted by Crippen LogP contribution is 2.19. The van der Waals surface area contributed by atoms with Crippen molar-refractivity contribution in [3.8, 4) is 16.9 Å². The molecule has 0 atom stereocenters. The monoisotopic (exact) mass is 461 g/mol. The summed E-state index contributed by atoms with van der Waals surface area (Å²) in [7, 11) is 1.62. The third kappa shape index (κ3) is 6.09. The summed E-state index contributed by atoms with van der Waals surface area (Å²) < 4.78 is 38.8. The number of carboxylic acids is 1. The molecule has 0 radical (unpaired) electrons. The minimum atomic E-state index is -5.08. The number of nitrogens with one attached hydrogen (secondary N) is 2. The van der Waals surface area contributed by atoms with Gasteiger partial charge in [-0.3, -0.25) is 9.89 Å². The largest absolute Gasteiger partial charge is 0.497 e. The SMILES string of the molecule is COc1cccc(CNC(=O)c2cn3cc(-c4cn[nH]c4)ccc3n2)c1.O=C(O)C(F)(F)F. The number of imidazole rings is 1. The summed E-state index contributed by atoms with van der Waals surface area (Å²) in [5.74, 6) is -2.22. The van der Waals surface area contributed by atoms with Crippen molar-refractivity contribution in [2.45, 2.75) is 12.7 Å². The molecule has 4 rings (SSSR count). The number of carbonyl (C=O) groups excluding carboxylic acids is 1. The van der Waals surface area contributed by atoms with Gasteiger partial charge in [-0.2, -0.15) is 18.3 Å². The lowest BCUT2D eigenvalue weighted by Gasteiger charge is -2.05. The Morgan fingerprint density at radius 1 is 1.18 bits per heavy atom. The van der Waals surface area contributed by atoms with E-state index in [-0.39, 0.29) is 5.91 Å². The summed E-state index contributed by atoms with van der Waals surface area (Å²) in [5, 5.41) is 16.8. The first-order valence-corrected chi connectivity index (χ1v) is 9.36. The molecule has 172 valence electrons. The van der Waals surface area contributed by atoms with E-state index in [2.05, 4.69) is 20.5 Å². The highest BCUT2D eigenvalue weighted by molar-refractivity contribution is 5.92. The van der Waals surface area contributed by atoms with Crippen LogP contribution >= 0.6 is 0 Å². The Morgan fingerprint density at radius 2 is 1.94 bits per heavy atom. The number of pyridine rings is 1.